The van der Waals surface area contributed by atoms with E-state index in [0.29, 0.717) is 32.8 Å². The summed E-state index contributed by atoms with van der Waals surface area (Å²) >= 11 is 0. The third-order valence-electron chi connectivity index (χ3n) is 4.49. The standard InChI is InChI=1S/C24H24O2.3CH3F/c1-3-5-19-8-12-22(13-9-19)24(25)26-23-16-14-21(15-17-23)20-10-6-18(4-2)7-11-20;3*1-2/h6-17H,3-5H2,1-2H3;3*1H3. The van der Waals surface area contributed by atoms with Gasteiger partial charge >= 0.3 is 5.97 Å². The summed E-state index contributed by atoms with van der Waals surface area (Å²) in [6.07, 6.45) is 3.15. The van der Waals surface area contributed by atoms with Crippen molar-refractivity contribution in [3.8, 4) is 16.9 Å². The largest absolute Gasteiger partial charge is 0.423 e. The number of hydrogen-bond acceptors (Lipinski definition) is 2. The molecule has 3 rings (SSSR count). The zero-order valence-electron chi connectivity index (χ0n) is 19.5. The van der Waals surface area contributed by atoms with Gasteiger partial charge in [-0.15, -0.1) is 0 Å². The Morgan fingerprint density at radius 2 is 1.09 bits per heavy atom. The van der Waals surface area contributed by atoms with Crippen LogP contribution in [0.2, 0.25) is 0 Å². The van der Waals surface area contributed by atoms with E-state index in [1.807, 2.05) is 48.5 Å². The zero-order chi connectivity index (χ0) is 24.4. The molecule has 0 aromatic heterocycles. The van der Waals surface area contributed by atoms with Gasteiger partial charge in [0.1, 0.15) is 5.75 Å². The normalized spacial score (nSPS) is 9.12. The summed E-state index contributed by atoms with van der Waals surface area (Å²) in [5.41, 5.74) is 5.40. The van der Waals surface area contributed by atoms with E-state index in [0.717, 1.165) is 30.4 Å². The van der Waals surface area contributed by atoms with Gasteiger partial charge < -0.3 is 4.74 Å². The Labute approximate surface area is 190 Å². The molecule has 0 N–H and O–H groups in total. The van der Waals surface area contributed by atoms with Crippen LogP contribution >= 0.6 is 0 Å². The monoisotopic (exact) mass is 446 g/mol. The first-order chi connectivity index (χ1) is 15.7. The van der Waals surface area contributed by atoms with Crippen molar-refractivity contribution >= 4 is 5.97 Å². The van der Waals surface area contributed by atoms with Gasteiger partial charge in [0.2, 0.25) is 0 Å². The Kier molecular flexibility index (Phi) is 15.9. The van der Waals surface area contributed by atoms with E-state index < -0.39 is 0 Å². The molecule has 0 amide bonds. The first-order valence-electron chi connectivity index (χ1n) is 10.3. The van der Waals surface area contributed by atoms with E-state index in [-0.39, 0.29) is 5.97 Å². The molecule has 0 heterocycles. The number of halogens is 3. The van der Waals surface area contributed by atoms with Crippen molar-refractivity contribution < 1.29 is 22.7 Å². The molecular formula is C27H33F3O2. The topological polar surface area (TPSA) is 26.3 Å². The summed E-state index contributed by atoms with van der Waals surface area (Å²) in [6, 6.07) is 23.8. The number of hydrogen-bond donors (Lipinski definition) is 0. The SMILES string of the molecule is CCCc1ccc(C(=O)Oc2ccc(-c3ccc(CC)cc3)cc2)cc1.CF.CF.CF. The molecule has 0 aliphatic rings. The minimum absolute atomic E-state index is 0.326. The maximum atomic E-state index is 12.3. The molecule has 3 aromatic carbocycles. The highest BCUT2D eigenvalue weighted by Gasteiger charge is 2.09. The molecule has 3 aromatic rings. The van der Waals surface area contributed by atoms with Gasteiger partial charge in [0, 0.05) is 0 Å². The molecule has 0 radical (unpaired) electrons. The predicted octanol–water partition coefficient (Wildman–Crippen LogP) is 7.84. The van der Waals surface area contributed by atoms with Crippen LogP contribution in [0.1, 0.15) is 41.8 Å². The van der Waals surface area contributed by atoms with Crippen molar-refractivity contribution in [2.24, 2.45) is 0 Å². The molecule has 0 spiro atoms. The van der Waals surface area contributed by atoms with Gasteiger partial charge in [0.15, 0.2) is 0 Å². The molecule has 0 aliphatic carbocycles. The fourth-order valence-electron chi connectivity index (χ4n) is 2.91. The van der Waals surface area contributed by atoms with Crippen LogP contribution in [0.3, 0.4) is 0 Å². The Bertz CT molecular complexity index is 859. The Balaban J connectivity index is 0.00000148. The first-order valence-corrected chi connectivity index (χ1v) is 10.3. The van der Waals surface area contributed by atoms with Crippen LogP contribution in [0.5, 0.6) is 5.75 Å². The lowest BCUT2D eigenvalue weighted by Crippen LogP contribution is -2.08. The average molecular weight is 447 g/mol. The van der Waals surface area contributed by atoms with Crippen LogP contribution in [-0.2, 0) is 12.8 Å². The molecule has 0 atom stereocenters. The predicted molar refractivity (Wildman–Crippen MR) is 128 cm³/mol. The number of ether oxygens (including phenoxy) is 1. The molecule has 32 heavy (non-hydrogen) atoms. The van der Waals surface area contributed by atoms with E-state index >= 15 is 0 Å². The molecule has 0 saturated heterocycles. The summed E-state index contributed by atoms with van der Waals surface area (Å²) in [7, 11) is 1.50. The number of carbonyl (C=O) groups is 1. The lowest BCUT2D eigenvalue weighted by Gasteiger charge is -2.07. The molecule has 0 saturated carbocycles. The van der Waals surface area contributed by atoms with Crippen molar-refractivity contribution in [3.63, 3.8) is 0 Å². The number of aryl methyl sites for hydroxylation is 2. The number of rotatable bonds is 6. The fraction of sp³-hybridized carbons (Fsp3) is 0.296. The number of benzene rings is 3. The quantitative estimate of drug-likeness (QED) is 0.285. The third kappa shape index (κ3) is 9.38. The Morgan fingerprint density at radius 1 is 0.656 bits per heavy atom. The Hall–Kier alpha value is -3.08. The van der Waals surface area contributed by atoms with Gasteiger partial charge in [-0.3, -0.25) is 13.2 Å². The van der Waals surface area contributed by atoms with Crippen molar-refractivity contribution in [1.29, 1.82) is 0 Å². The summed E-state index contributed by atoms with van der Waals surface area (Å²) in [4.78, 5) is 12.3. The maximum Gasteiger partial charge on any atom is 0.343 e. The van der Waals surface area contributed by atoms with Crippen LogP contribution in [0, 0.1) is 0 Å². The molecule has 5 heteroatoms. The second kappa shape index (κ2) is 17.6. The van der Waals surface area contributed by atoms with Gasteiger partial charge in [-0.1, -0.05) is 68.8 Å². The molecule has 2 nitrogen and oxygen atoms in total. The highest BCUT2D eigenvalue weighted by molar-refractivity contribution is 5.91. The minimum atomic E-state index is -0.326. The van der Waals surface area contributed by atoms with Crippen molar-refractivity contribution in [2.45, 2.75) is 33.1 Å². The summed E-state index contributed by atoms with van der Waals surface area (Å²) in [5.74, 6) is 0.231. The van der Waals surface area contributed by atoms with Gasteiger partial charge in [0.05, 0.1) is 27.1 Å². The van der Waals surface area contributed by atoms with Gasteiger partial charge in [-0.2, -0.15) is 0 Å². The first kappa shape index (κ1) is 28.9. The summed E-state index contributed by atoms with van der Waals surface area (Å²) in [5, 5.41) is 0. The van der Waals surface area contributed by atoms with Crippen LogP contribution in [0.4, 0.5) is 13.2 Å². The molecule has 0 bridgehead atoms. The summed E-state index contributed by atoms with van der Waals surface area (Å²) in [6.45, 7) is 4.29. The van der Waals surface area contributed by atoms with Crippen LogP contribution in [0.25, 0.3) is 11.1 Å². The van der Waals surface area contributed by atoms with Crippen LogP contribution in [0.15, 0.2) is 72.8 Å². The minimum Gasteiger partial charge on any atom is -0.423 e. The third-order valence-corrected chi connectivity index (χ3v) is 4.49. The molecule has 0 fully saturated rings. The smallest absolute Gasteiger partial charge is 0.343 e. The van der Waals surface area contributed by atoms with E-state index in [1.54, 1.807) is 0 Å². The average Bonchev–Trinajstić information content (AvgIpc) is 2.89. The number of esters is 1. The lowest BCUT2D eigenvalue weighted by atomic mass is 10.0. The van der Waals surface area contributed by atoms with E-state index in [9.17, 15) is 18.0 Å². The molecule has 0 aliphatic heterocycles. The van der Waals surface area contributed by atoms with E-state index in [1.165, 1.54) is 11.1 Å². The second-order valence-corrected chi connectivity index (χ2v) is 6.41. The van der Waals surface area contributed by atoms with E-state index in [4.69, 9.17) is 4.74 Å². The fourth-order valence-corrected chi connectivity index (χ4v) is 2.91. The van der Waals surface area contributed by atoms with Gasteiger partial charge in [-0.05, 0) is 59.4 Å². The number of alkyl halides is 3. The molecule has 0 unspecified atom stereocenters. The van der Waals surface area contributed by atoms with Crippen molar-refractivity contribution in [2.75, 3.05) is 21.5 Å². The van der Waals surface area contributed by atoms with E-state index in [2.05, 4.69) is 38.1 Å². The van der Waals surface area contributed by atoms with Crippen molar-refractivity contribution in [3.05, 3.63) is 89.5 Å². The van der Waals surface area contributed by atoms with Crippen LogP contribution < -0.4 is 4.74 Å². The van der Waals surface area contributed by atoms with Gasteiger partial charge in [-0.25, -0.2) is 4.79 Å². The van der Waals surface area contributed by atoms with Crippen LogP contribution in [-0.4, -0.2) is 27.5 Å². The highest BCUT2D eigenvalue weighted by atomic mass is 19.1. The van der Waals surface area contributed by atoms with Gasteiger partial charge in [0.25, 0.3) is 0 Å². The maximum absolute atomic E-state index is 12.3. The molecular weight excluding hydrogens is 413 g/mol. The zero-order valence-corrected chi connectivity index (χ0v) is 19.5. The lowest BCUT2D eigenvalue weighted by molar-refractivity contribution is 0.0734. The van der Waals surface area contributed by atoms with Crippen molar-refractivity contribution in [1.82, 2.24) is 0 Å². The molecule has 174 valence electrons. The second-order valence-electron chi connectivity index (χ2n) is 6.41. The summed E-state index contributed by atoms with van der Waals surface area (Å²) < 4.78 is 34.0. The number of carbonyl (C=O) groups excluding carboxylic acids is 1. The Morgan fingerprint density at radius 3 is 1.53 bits per heavy atom. The highest BCUT2D eigenvalue weighted by Crippen LogP contribution is 2.23.